The number of aliphatic hydroxyl groups is 1. The van der Waals surface area contributed by atoms with Crippen LogP contribution in [0.1, 0.15) is 33.6 Å². The third kappa shape index (κ3) is 5.18. The molecular formula is C13H27N3OS. The number of hydrogen-bond donors (Lipinski definition) is 2. The Morgan fingerprint density at radius 1 is 1.33 bits per heavy atom. The van der Waals surface area contributed by atoms with Crippen molar-refractivity contribution >= 4 is 17.2 Å². The van der Waals surface area contributed by atoms with Crippen molar-refractivity contribution in [2.75, 3.05) is 32.7 Å². The first-order valence-corrected chi connectivity index (χ1v) is 7.22. The van der Waals surface area contributed by atoms with Crippen LogP contribution in [0.15, 0.2) is 0 Å². The Bertz CT molecular complexity index is 270. The van der Waals surface area contributed by atoms with Crippen LogP contribution in [-0.2, 0) is 0 Å². The molecule has 4 nitrogen and oxygen atoms in total. The van der Waals surface area contributed by atoms with E-state index in [9.17, 15) is 5.11 Å². The van der Waals surface area contributed by atoms with Crippen LogP contribution in [0.5, 0.6) is 0 Å². The smallest absolute Gasteiger partial charge is 0.0901 e. The van der Waals surface area contributed by atoms with E-state index in [4.69, 9.17) is 18.0 Å². The first kappa shape index (κ1) is 15.8. The highest BCUT2D eigenvalue weighted by atomic mass is 32.1. The topological polar surface area (TPSA) is 52.7 Å². The van der Waals surface area contributed by atoms with E-state index < -0.39 is 5.60 Å². The lowest BCUT2D eigenvalue weighted by Crippen LogP contribution is -2.53. The molecule has 1 aliphatic heterocycles. The van der Waals surface area contributed by atoms with Crippen molar-refractivity contribution in [3.63, 3.8) is 0 Å². The Labute approximate surface area is 116 Å². The van der Waals surface area contributed by atoms with E-state index in [1.165, 1.54) is 0 Å². The van der Waals surface area contributed by atoms with E-state index in [0.29, 0.717) is 4.99 Å². The van der Waals surface area contributed by atoms with Crippen LogP contribution in [0.25, 0.3) is 0 Å². The predicted octanol–water partition coefficient (Wildman–Crippen LogP) is 0.830. The van der Waals surface area contributed by atoms with Gasteiger partial charge in [-0.05, 0) is 26.7 Å². The summed E-state index contributed by atoms with van der Waals surface area (Å²) < 4.78 is 0. The van der Waals surface area contributed by atoms with Gasteiger partial charge in [0.15, 0.2) is 0 Å². The first-order valence-electron chi connectivity index (χ1n) is 6.81. The third-order valence-electron chi connectivity index (χ3n) is 3.60. The molecule has 106 valence electrons. The highest BCUT2D eigenvalue weighted by molar-refractivity contribution is 7.80. The second kappa shape index (κ2) is 6.80. The van der Waals surface area contributed by atoms with Gasteiger partial charge in [0, 0.05) is 32.7 Å². The summed E-state index contributed by atoms with van der Waals surface area (Å²) in [6, 6.07) is 0.247. The van der Waals surface area contributed by atoms with Gasteiger partial charge in [-0.15, -0.1) is 0 Å². The Balaban J connectivity index is 2.34. The standard InChI is InChI=1S/C13H27N3OS/c1-4-11(12(14)18)16-9-7-15(8-10-16)6-5-13(2,3)17/h11,17H,4-10H2,1-3H3,(H2,14,18). The molecule has 1 atom stereocenters. The van der Waals surface area contributed by atoms with Gasteiger partial charge in [0.1, 0.15) is 0 Å². The second-order valence-electron chi connectivity index (χ2n) is 5.77. The summed E-state index contributed by atoms with van der Waals surface area (Å²) >= 11 is 5.12. The van der Waals surface area contributed by atoms with Gasteiger partial charge in [-0.2, -0.15) is 0 Å². The van der Waals surface area contributed by atoms with Crippen LogP contribution >= 0.6 is 12.2 Å². The Morgan fingerprint density at radius 3 is 2.28 bits per heavy atom. The molecule has 1 saturated heterocycles. The van der Waals surface area contributed by atoms with E-state index in [0.717, 1.165) is 45.6 Å². The Morgan fingerprint density at radius 2 is 1.89 bits per heavy atom. The van der Waals surface area contributed by atoms with Gasteiger partial charge in [-0.3, -0.25) is 4.90 Å². The van der Waals surface area contributed by atoms with Gasteiger partial charge >= 0.3 is 0 Å². The normalized spacial score (nSPS) is 20.9. The van der Waals surface area contributed by atoms with Crippen molar-refractivity contribution in [1.82, 2.24) is 9.80 Å². The molecule has 18 heavy (non-hydrogen) atoms. The average Bonchev–Trinajstić information content (AvgIpc) is 2.27. The molecule has 0 aromatic heterocycles. The molecule has 0 aromatic carbocycles. The fourth-order valence-corrected chi connectivity index (χ4v) is 2.69. The molecule has 1 unspecified atom stereocenters. The monoisotopic (exact) mass is 273 g/mol. The van der Waals surface area contributed by atoms with Crippen molar-refractivity contribution in [2.24, 2.45) is 5.73 Å². The maximum Gasteiger partial charge on any atom is 0.0901 e. The molecule has 1 heterocycles. The van der Waals surface area contributed by atoms with Crippen molar-refractivity contribution in [2.45, 2.75) is 45.3 Å². The number of nitrogens with zero attached hydrogens (tertiary/aromatic N) is 2. The summed E-state index contributed by atoms with van der Waals surface area (Å²) in [6.07, 6.45) is 1.80. The van der Waals surface area contributed by atoms with Crippen LogP contribution in [0.2, 0.25) is 0 Å². The molecule has 1 fully saturated rings. The summed E-state index contributed by atoms with van der Waals surface area (Å²) in [5.41, 5.74) is 5.20. The van der Waals surface area contributed by atoms with E-state index in [2.05, 4.69) is 16.7 Å². The van der Waals surface area contributed by atoms with Crippen LogP contribution < -0.4 is 5.73 Å². The summed E-state index contributed by atoms with van der Waals surface area (Å²) in [5.74, 6) is 0. The van der Waals surface area contributed by atoms with E-state index >= 15 is 0 Å². The highest BCUT2D eigenvalue weighted by Crippen LogP contribution is 2.13. The van der Waals surface area contributed by atoms with E-state index in [1.807, 2.05) is 13.8 Å². The minimum Gasteiger partial charge on any atom is -0.392 e. The van der Waals surface area contributed by atoms with Crippen LogP contribution in [-0.4, -0.2) is 64.3 Å². The van der Waals surface area contributed by atoms with Crippen LogP contribution in [0.4, 0.5) is 0 Å². The minimum absolute atomic E-state index is 0.247. The number of rotatable bonds is 6. The quantitative estimate of drug-likeness (QED) is 0.702. The maximum absolute atomic E-state index is 9.73. The predicted molar refractivity (Wildman–Crippen MR) is 79.8 cm³/mol. The molecule has 1 aliphatic rings. The Hall–Kier alpha value is -0.230. The fraction of sp³-hybridized carbons (Fsp3) is 0.923. The summed E-state index contributed by atoms with van der Waals surface area (Å²) in [4.78, 5) is 5.39. The number of hydrogen-bond acceptors (Lipinski definition) is 4. The van der Waals surface area contributed by atoms with E-state index in [-0.39, 0.29) is 6.04 Å². The summed E-state index contributed by atoms with van der Waals surface area (Å²) in [6.45, 7) is 10.9. The fourth-order valence-electron chi connectivity index (χ4n) is 2.37. The molecule has 0 aromatic rings. The van der Waals surface area contributed by atoms with Crippen molar-refractivity contribution in [3.8, 4) is 0 Å². The van der Waals surface area contributed by atoms with E-state index in [1.54, 1.807) is 0 Å². The first-order chi connectivity index (χ1) is 8.33. The molecule has 0 spiro atoms. The molecule has 0 saturated carbocycles. The maximum atomic E-state index is 9.73. The minimum atomic E-state index is -0.568. The van der Waals surface area contributed by atoms with Gasteiger partial charge in [0.25, 0.3) is 0 Å². The van der Waals surface area contributed by atoms with Crippen molar-refractivity contribution in [1.29, 1.82) is 0 Å². The zero-order valence-electron chi connectivity index (χ0n) is 11.9. The lowest BCUT2D eigenvalue weighted by molar-refractivity contribution is 0.0453. The largest absolute Gasteiger partial charge is 0.392 e. The third-order valence-corrected chi connectivity index (χ3v) is 3.87. The SMILES string of the molecule is CCC(C(N)=S)N1CCN(CCC(C)(C)O)CC1. The van der Waals surface area contributed by atoms with Gasteiger partial charge in [-0.1, -0.05) is 19.1 Å². The molecular weight excluding hydrogens is 246 g/mol. The van der Waals surface area contributed by atoms with Gasteiger partial charge in [0.2, 0.25) is 0 Å². The number of thiocarbonyl (C=S) groups is 1. The van der Waals surface area contributed by atoms with Gasteiger partial charge in [0.05, 0.1) is 16.6 Å². The summed E-state index contributed by atoms with van der Waals surface area (Å²) in [7, 11) is 0. The average molecular weight is 273 g/mol. The van der Waals surface area contributed by atoms with Crippen LogP contribution in [0, 0.1) is 0 Å². The highest BCUT2D eigenvalue weighted by Gasteiger charge is 2.25. The van der Waals surface area contributed by atoms with Gasteiger partial charge in [-0.25, -0.2) is 0 Å². The lowest BCUT2D eigenvalue weighted by Gasteiger charge is -2.39. The second-order valence-corrected chi connectivity index (χ2v) is 6.24. The number of piperazine rings is 1. The molecule has 0 bridgehead atoms. The zero-order valence-corrected chi connectivity index (χ0v) is 12.7. The molecule has 3 N–H and O–H groups in total. The zero-order chi connectivity index (χ0) is 13.8. The molecule has 0 amide bonds. The van der Waals surface area contributed by atoms with Crippen molar-refractivity contribution in [3.05, 3.63) is 0 Å². The molecule has 5 heteroatoms. The van der Waals surface area contributed by atoms with Crippen LogP contribution in [0.3, 0.4) is 0 Å². The molecule has 1 rings (SSSR count). The Kier molecular flexibility index (Phi) is 5.98. The number of nitrogens with two attached hydrogens (primary N) is 1. The molecule has 0 aliphatic carbocycles. The lowest BCUT2D eigenvalue weighted by atomic mass is 10.1. The van der Waals surface area contributed by atoms with Crippen molar-refractivity contribution < 1.29 is 5.11 Å². The summed E-state index contributed by atoms with van der Waals surface area (Å²) in [5, 5.41) is 9.73. The van der Waals surface area contributed by atoms with Gasteiger partial charge < -0.3 is 15.7 Å². The molecule has 0 radical (unpaired) electrons.